The lowest BCUT2D eigenvalue weighted by molar-refractivity contribution is -0.128. The zero-order valence-electron chi connectivity index (χ0n) is 16.8. The van der Waals surface area contributed by atoms with E-state index in [-0.39, 0.29) is 29.3 Å². The summed E-state index contributed by atoms with van der Waals surface area (Å²) in [6, 6.07) is 0.242. The number of rotatable bonds is 8. The van der Waals surface area contributed by atoms with E-state index >= 15 is 0 Å². The monoisotopic (exact) mass is 365 g/mol. The Morgan fingerprint density at radius 2 is 1.58 bits per heavy atom. The molecule has 0 aromatic carbocycles. The molecule has 0 aliphatic heterocycles. The Kier molecular flexibility index (Phi) is 8.39. The molecular weight excluding hydrogens is 326 g/mol. The Labute approximate surface area is 159 Å². The lowest BCUT2D eigenvalue weighted by atomic mass is 9.83. The summed E-state index contributed by atoms with van der Waals surface area (Å²) in [7, 11) is 0. The van der Waals surface area contributed by atoms with Crippen molar-refractivity contribution in [1.82, 2.24) is 10.6 Å². The second kappa shape index (κ2) is 10.3. The predicted molar refractivity (Wildman–Crippen MR) is 106 cm³/mol. The summed E-state index contributed by atoms with van der Waals surface area (Å²) in [5, 5.41) is 6.42. The smallest absolute Gasteiger partial charge is 0.223 e. The van der Waals surface area contributed by atoms with E-state index in [0.29, 0.717) is 18.9 Å². The number of carbonyl (C=O) groups is 2. The number of nitrogens with two attached hydrogens (primary N) is 1. The third-order valence-electron chi connectivity index (χ3n) is 6.79. The van der Waals surface area contributed by atoms with Gasteiger partial charge in [-0.3, -0.25) is 9.59 Å². The first-order valence-corrected chi connectivity index (χ1v) is 10.8. The van der Waals surface area contributed by atoms with E-state index in [2.05, 4.69) is 24.5 Å². The fourth-order valence-corrected chi connectivity index (χ4v) is 4.57. The number of amides is 2. The summed E-state index contributed by atoms with van der Waals surface area (Å²) in [5.41, 5.74) is 5.64. The molecule has 0 bridgehead atoms. The quantitative estimate of drug-likeness (QED) is 0.617. The van der Waals surface area contributed by atoms with Gasteiger partial charge in [-0.1, -0.05) is 33.1 Å². The average Bonchev–Trinajstić information content (AvgIpc) is 2.67. The fraction of sp³-hybridized carbons (Fsp3) is 0.905. The van der Waals surface area contributed by atoms with Crippen LogP contribution in [0.2, 0.25) is 0 Å². The topological polar surface area (TPSA) is 84.2 Å². The maximum Gasteiger partial charge on any atom is 0.223 e. The minimum atomic E-state index is -0.262. The molecule has 0 atom stereocenters. The molecule has 2 fully saturated rings. The van der Waals surface area contributed by atoms with Crippen molar-refractivity contribution in [1.29, 1.82) is 0 Å². The number of nitrogens with one attached hydrogen (secondary N) is 2. The standard InChI is InChI=1S/C21H39N3O2/c1-3-21(4-2,15-22)24-20(26)17-10-12-18(13-11-17)23-19(25)14-16-8-6-5-7-9-16/h16-18H,3-15,22H2,1-2H3,(H,23,25)(H,24,26). The van der Waals surface area contributed by atoms with Crippen LogP contribution in [0.4, 0.5) is 0 Å². The molecule has 0 saturated heterocycles. The lowest BCUT2D eigenvalue weighted by Crippen LogP contribution is -2.55. The normalized spacial score (nSPS) is 24.9. The minimum Gasteiger partial charge on any atom is -0.353 e. The van der Waals surface area contributed by atoms with Gasteiger partial charge in [-0.2, -0.15) is 0 Å². The maximum absolute atomic E-state index is 12.6. The van der Waals surface area contributed by atoms with E-state index in [9.17, 15) is 9.59 Å². The van der Waals surface area contributed by atoms with Crippen molar-refractivity contribution in [2.45, 2.75) is 102 Å². The van der Waals surface area contributed by atoms with Gasteiger partial charge in [-0.25, -0.2) is 0 Å². The van der Waals surface area contributed by atoms with Crippen molar-refractivity contribution in [3.8, 4) is 0 Å². The van der Waals surface area contributed by atoms with Crippen LogP contribution in [0.5, 0.6) is 0 Å². The predicted octanol–water partition coefficient (Wildman–Crippen LogP) is 3.27. The van der Waals surface area contributed by atoms with Gasteiger partial charge in [-0.15, -0.1) is 0 Å². The summed E-state index contributed by atoms with van der Waals surface area (Å²) >= 11 is 0. The van der Waals surface area contributed by atoms with Crippen LogP contribution in [0.15, 0.2) is 0 Å². The zero-order chi connectivity index (χ0) is 19.0. The van der Waals surface area contributed by atoms with E-state index in [1.807, 2.05) is 0 Å². The Bertz CT molecular complexity index is 440. The lowest BCUT2D eigenvalue weighted by Gasteiger charge is -2.35. The Morgan fingerprint density at radius 1 is 0.962 bits per heavy atom. The van der Waals surface area contributed by atoms with Crippen molar-refractivity contribution < 1.29 is 9.59 Å². The van der Waals surface area contributed by atoms with Crippen LogP contribution in [0.1, 0.15) is 90.9 Å². The molecule has 2 rings (SSSR count). The molecule has 0 spiro atoms. The van der Waals surface area contributed by atoms with Crippen LogP contribution in [-0.2, 0) is 9.59 Å². The van der Waals surface area contributed by atoms with Gasteiger partial charge in [-0.05, 0) is 57.3 Å². The molecule has 5 nitrogen and oxygen atoms in total. The van der Waals surface area contributed by atoms with Gasteiger partial charge in [0, 0.05) is 24.9 Å². The average molecular weight is 366 g/mol. The van der Waals surface area contributed by atoms with Crippen molar-refractivity contribution in [2.75, 3.05) is 6.54 Å². The molecule has 26 heavy (non-hydrogen) atoms. The van der Waals surface area contributed by atoms with Gasteiger partial charge in [0.1, 0.15) is 0 Å². The molecule has 0 radical (unpaired) electrons. The van der Waals surface area contributed by atoms with Crippen molar-refractivity contribution in [3.63, 3.8) is 0 Å². The second-order valence-corrected chi connectivity index (χ2v) is 8.51. The molecule has 0 heterocycles. The molecule has 5 heteroatoms. The number of hydrogen-bond donors (Lipinski definition) is 3. The SMILES string of the molecule is CCC(CC)(CN)NC(=O)C1CCC(NC(=O)CC2CCCCC2)CC1. The Balaban J connectivity index is 1.72. The van der Waals surface area contributed by atoms with E-state index < -0.39 is 0 Å². The molecule has 0 unspecified atom stereocenters. The first kappa shape index (κ1) is 21.2. The fourth-order valence-electron chi connectivity index (χ4n) is 4.57. The summed E-state index contributed by atoms with van der Waals surface area (Å²) in [6.45, 7) is 4.64. The van der Waals surface area contributed by atoms with Gasteiger partial charge in [0.05, 0.1) is 5.54 Å². The molecule has 0 aromatic rings. The van der Waals surface area contributed by atoms with Crippen molar-refractivity contribution in [2.24, 2.45) is 17.6 Å². The maximum atomic E-state index is 12.6. The molecule has 2 aliphatic rings. The van der Waals surface area contributed by atoms with Gasteiger partial charge >= 0.3 is 0 Å². The third-order valence-corrected chi connectivity index (χ3v) is 6.79. The summed E-state index contributed by atoms with van der Waals surface area (Å²) < 4.78 is 0. The molecule has 4 N–H and O–H groups in total. The highest BCUT2D eigenvalue weighted by Crippen LogP contribution is 2.28. The van der Waals surface area contributed by atoms with E-state index in [4.69, 9.17) is 5.73 Å². The third kappa shape index (κ3) is 5.97. The minimum absolute atomic E-state index is 0.0607. The highest BCUT2D eigenvalue weighted by molar-refractivity contribution is 5.80. The van der Waals surface area contributed by atoms with E-state index in [0.717, 1.165) is 38.5 Å². The zero-order valence-corrected chi connectivity index (χ0v) is 16.8. The summed E-state index contributed by atoms with van der Waals surface area (Å²) in [4.78, 5) is 24.9. The van der Waals surface area contributed by atoms with Crippen LogP contribution < -0.4 is 16.4 Å². The molecule has 2 saturated carbocycles. The van der Waals surface area contributed by atoms with Crippen LogP contribution >= 0.6 is 0 Å². The molecule has 2 aliphatic carbocycles. The van der Waals surface area contributed by atoms with Crippen LogP contribution in [0.3, 0.4) is 0 Å². The first-order chi connectivity index (χ1) is 12.5. The van der Waals surface area contributed by atoms with Crippen LogP contribution in [-0.4, -0.2) is 29.9 Å². The van der Waals surface area contributed by atoms with Crippen molar-refractivity contribution >= 4 is 11.8 Å². The molecule has 0 aromatic heterocycles. The van der Waals surface area contributed by atoms with Gasteiger partial charge in [0.2, 0.25) is 11.8 Å². The van der Waals surface area contributed by atoms with Crippen molar-refractivity contribution in [3.05, 3.63) is 0 Å². The molecular formula is C21H39N3O2. The van der Waals surface area contributed by atoms with Gasteiger partial charge in [0.25, 0.3) is 0 Å². The highest BCUT2D eigenvalue weighted by Gasteiger charge is 2.32. The number of carbonyl (C=O) groups excluding carboxylic acids is 2. The first-order valence-electron chi connectivity index (χ1n) is 10.8. The highest BCUT2D eigenvalue weighted by atomic mass is 16.2. The summed E-state index contributed by atoms with van der Waals surface area (Å²) in [5.74, 6) is 0.999. The molecule has 150 valence electrons. The number of hydrogen-bond acceptors (Lipinski definition) is 3. The second-order valence-electron chi connectivity index (χ2n) is 8.51. The van der Waals surface area contributed by atoms with Crippen LogP contribution in [0, 0.1) is 11.8 Å². The van der Waals surface area contributed by atoms with Crippen LogP contribution in [0.25, 0.3) is 0 Å². The largest absolute Gasteiger partial charge is 0.353 e. The molecule has 2 amide bonds. The Morgan fingerprint density at radius 3 is 2.12 bits per heavy atom. The van der Waals surface area contributed by atoms with E-state index in [1.165, 1.54) is 32.1 Å². The van der Waals surface area contributed by atoms with E-state index in [1.54, 1.807) is 0 Å². The van der Waals surface area contributed by atoms with Gasteiger partial charge < -0.3 is 16.4 Å². The summed E-state index contributed by atoms with van der Waals surface area (Å²) in [6.07, 6.45) is 12.2. The van der Waals surface area contributed by atoms with Gasteiger partial charge in [0.15, 0.2) is 0 Å². The Hall–Kier alpha value is -1.10.